The quantitative estimate of drug-likeness (QED) is 0.706. The fourth-order valence-corrected chi connectivity index (χ4v) is 1.38. The van der Waals surface area contributed by atoms with E-state index in [4.69, 9.17) is 0 Å². The van der Waals surface area contributed by atoms with Crippen molar-refractivity contribution in [1.29, 1.82) is 0 Å². The van der Waals surface area contributed by atoms with Gasteiger partial charge in [-0.2, -0.15) is 0 Å². The van der Waals surface area contributed by atoms with E-state index in [0.29, 0.717) is 0 Å². The maximum atomic E-state index is 4.00. The highest BCUT2D eigenvalue weighted by atomic mass is 32.1. The van der Waals surface area contributed by atoms with Gasteiger partial charge in [0.1, 0.15) is 0 Å². The number of rotatable bonds is 5. The molecule has 0 spiro atoms. The summed E-state index contributed by atoms with van der Waals surface area (Å²) in [6, 6.07) is 0. The predicted octanol–water partition coefficient (Wildman–Crippen LogP) is 2.20. The van der Waals surface area contributed by atoms with Crippen LogP contribution in [0, 0.1) is 0 Å². The minimum absolute atomic E-state index is 0.906. The molecule has 0 atom stereocenters. The van der Waals surface area contributed by atoms with Crippen molar-refractivity contribution in [1.82, 2.24) is 10.3 Å². The minimum Gasteiger partial charge on any atom is -0.308 e. The van der Waals surface area contributed by atoms with E-state index in [1.54, 1.807) is 11.3 Å². The van der Waals surface area contributed by atoms with Crippen LogP contribution in [0.3, 0.4) is 0 Å². The van der Waals surface area contributed by atoms with Gasteiger partial charge in [0.25, 0.3) is 0 Å². The number of hydrogen-bond acceptors (Lipinski definition) is 3. The van der Waals surface area contributed by atoms with Gasteiger partial charge in [-0.15, -0.1) is 11.3 Å². The molecular formula is C9H14N2S. The Labute approximate surface area is 77.3 Å². The molecule has 0 saturated carbocycles. The van der Waals surface area contributed by atoms with Crippen LogP contribution in [0.15, 0.2) is 23.9 Å². The van der Waals surface area contributed by atoms with Crippen molar-refractivity contribution in [2.45, 2.75) is 19.9 Å². The van der Waals surface area contributed by atoms with Crippen LogP contribution < -0.4 is 5.32 Å². The van der Waals surface area contributed by atoms with E-state index < -0.39 is 0 Å². The lowest BCUT2D eigenvalue weighted by Crippen LogP contribution is -2.15. The van der Waals surface area contributed by atoms with Gasteiger partial charge in [0.15, 0.2) is 0 Å². The van der Waals surface area contributed by atoms with E-state index >= 15 is 0 Å². The Morgan fingerprint density at radius 1 is 1.75 bits per heavy atom. The number of hydrogen-bond donors (Lipinski definition) is 1. The van der Waals surface area contributed by atoms with Crippen molar-refractivity contribution in [2.75, 3.05) is 6.54 Å². The maximum Gasteiger partial charge on any atom is 0.0794 e. The van der Waals surface area contributed by atoms with Crippen molar-refractivity contribution in [3.8, 4) is 0 Å². The monoisotopic (exact) mass is 182 g/mol. The average Bonchev–Trinajstić information content (AvgIpc) is 2.57. The molecule has 0 bridgehead atoms. The second kappa shape index (κ2) is 5.06. The molecule has 0 aromatic carbocycles. The van der Waals surface area contributed by atoms with Gasteiger partial charge in [-0.3, -0.25) is 4.98 Å². The fourth-order valence-electron chi connectivity index (χ4n) is 0.817. The van der Waals surface area contributed by atoms with Gasteiger partial charge in [0.2, 0.25) is 0 Å². The second-order valence-corrected chi connectivity index (χ2v) is 3.65. The van der Waals surface area contributed by atoms with Crippen molar-refractivity contribution in [3.63, 3.8) is 0 Å². The molecule has 0 amide bonds. The van der Waals surface area contributed by atoms with Crippen LogP contribution >= 0.6 is 11.3 Å². The smallest absolute Gasteiger partial charge is 0.0794 e. The third-order valence-corrected chi connectivity index (χ3v) is 2.44. The summed E-state index contributed by atoms with van der Waals surface area (Å²) in [6.45, 7) is 7.86. The van der Waals surface area contributed by atoms with Crippen molar-refractivity contribution in [2.24, 2.45) is 0 Å². The lowest BCUT2D eigenvalue weighted by Gasteiger charge is -2.02. The molecule has 66 valence electrons. The molecule has 12 heavy (non-hydrogen) atoms. The predicted molar refractivity (Wildman–Crippen MR) is 53.3 cm³/mol. The summed E-state index contributed by atoms with van der Waals surface area (Å²) in [4.78, 5) is 5.27. The fraction of sp³-hybridized carbons (Fsp3) is 0.444. The van der Waals surface area contributed by atoms with E-state index in [-0.39, 0.29) is 0 Å². The molecule has 1 aromatic heterocycles. The molecule has 0 unspecified atom stereocenters. The Hall–Kier alpha value is -0.670. The van der Waals surface area contributed by atoms with E-state index in [1.807, 2.05) is 11.7 Å². The summed E-state index contributed by atoms with van der Waals surface area (Å²) in [5.74, 6) is 0. The van der Waals surface area contributed by atoms with Crippen molar-refractivity contribution in [3.05, 3.63) is 28.7 Å². The summed E-state index contributed by atoms with van der Waals surface area (Å²) in [5.41, 5.74) is 3.10. The minimum atomic E-state index is 0.906. The standard InChI is InChI=1S/C9H14N2S/c1-3-8(2)4-10-5-9-6-11-7-12-9/h6-7,10H,2-5H2,1H3. The molecule has 0 aliphatic rings. The van der Waals surface area contributed by atoms with Crippen LogP contribution in [0.1, 0.15) is 18.2 Å². The van der Waals surface area contributed by atoms with Gasteiger partial charge in [-0.1, -0.05) is 19.1 Å². The first kappa shape index (κ1) is 9.42. The SMILES string of the molecule is C=C(CC)CNCc1cncs1. The first-order chi connectivity index (χ1) is 5.83. The van der Waals surface area contributed by atoms with E-state index in [0.717, 1.165) is 19.5 Å². The van der Waals surface area contributed by atoms with Crippen LogP contribution in [-0.4, -0.2) is 11.5 Å². The Kier molecular flexibility index (Phi) is 3.97. The van der Waals surface area contributed by atoms with Gasteiger partial charge in [0, 0.05) is 24.2 Å². The molecule has 0 aliphatic carbocycles. The van der Waals surface area contributed by atoms with Crippen LogP contribution in [-0.2, 0) is 6.54 Å². The van der Waals surface area contributed by atoms with Gasteiger partial charge in [-0.25, -0.2) is 0 Å². The summed E-state index contributed by atoms with van der Waals surface area (Å²) in [7, 11) is 0. The van der Waals surface area contributed by atoms with Gasteiger partial charge >= 0.3 is 0 Å². The highest BCUT2D eigenvalue weighted by Gasteiger charge is 1.93. The number of nitrogens with one attached hydrogen (secondary N) is 1. The summed E-state index contributed by atoms with van der Waals surface area (Å²) >= 11 is 1.68. The average molecular weight is 182 g/mol. The molecule has 1 N–H and O–H groups in total. The molecule has 1 heterocycles. The number of nitrogens with zero attached hydrogens (tertiary/aromatic N) is 1. The zero-order valence-electron chi connectivity index (χ0n) is 7.34. The third-order valence-electron chi connectivity index (χ3n) is 1.66. The van der Waals surface area contributed by atoms with Crippen molar-refractivity contribution < 1.29 is 0 Å². The van der Waals surface area contributed by atoms with E-state index in [9.17, 15) is 0 Å². The molecule has 0 radical (unpaired) electrons. The summed E-state index contributed by atoms with van der Waals surface area (Å²) < 4.78 is 0. The molecule has 0 fully saturated rings. The first-order valence-corrected chi connectivity index (χ1v) is 4.95. The Balaban J connectivity index is 2.15. The van der Waals surface area contributed by atoms with Crippen LogP contribution in [0.4, 0.5) is 0 Å². The first-order valence-electron chi connectivity index (χ1n) is 4.07. The third kappa shape index (κ3) is 3.15. The van der Waals surface area contributed by atoms with E-state index in [2.05, 4.69) is 23.8 Å². The number of thiazole rings is 1. The largest absolute Gasteiger partial charge is 0.308 e. The van der Waals surface area contributed by atoms with Crippen LogP contribution in [0.2, 0.25) is 0 Å². The van der Waals surface area contributed by atoms with Crippen LogP contribution in [0.5, 0.6) is 0 Å². The van der Waals surface area contributed by atoms with Crippen molar-refractivity contribution >= 4 is 11.3 Å². The normalized spacial score (nSPS) is 10.1. The molecule has 2 nitrogen and oxygen atoms in total. The Morgan fingerprint density at radius 3 is 3.17 bits per heavy atom. The molecule has 1 aromatic rings. The zero-order chi connectivity index (χ0) is 8.81. The van der Waals surface area contributed by atoms with Gasteiger partial charge in [0.05, 0.1) is 5.51 Å². The molecular weight excluding hydrogens is 168 g/mol. The maximum absolute atomic E-state index is 4.00. The Morgan fingerprint density at radius 2 is 2.58 bits per heavy atom. The lowest BCUT2D eigenvalue weighted by molar-refractivity contribution is 0.734. The summed E-state index contributed by atoms with van der Waals surface area (Å²) in [5, 5.41) is 3.31. The molecule has 0 aliphatic heterocycles. The summed E-state index contributed by atoms with van der Waals surface area (Å²) in [6.07, 6.45) is 2.95. The lowest BCUT2D eigenvalue weighted by atomic mass is 10.2. The topological polar surface area (TPSA) is 24.9 Å². The highest BCUT2D eigenvalue weighted by molar-refractivity contribution is 7.09. The van der Waals surface area contributed by atoms with Gasteiger partial charge < -0.3 is 5.32 Å². The highest BCUT2D eigenvalue weighted by Crippen LogP contribution is 2.04. The second-order valence-electron chi connectivity index (χ2n) is 2.67. The van der Waals surface area contributed by atoms with Crippen LogP contribution in [0.25, 0.3) is 0 Å². The van der Waals surface area contributed by atoms with Gasteiger partial charge in [-0.05, 0) is 6.42 Å². The molecule has 3 heteroatoms. The number of aromatic nitrogens is 1. The molecule has 0 saturated heterocycles. The zero-order valence-corrected chi connectivity index (χ0v) is 8.16. The Bertz CT molecular complexity index is 229. The molecule has 1 rings (SSSR count). The van der Waals surface area contributed by atoms with E-state index in [1.165, 1.54) is 10.5 Å².